The van der Waals surface area contributed by atoms with Crippen LogP contribution in [0.1, 0.15) is 41.0 Å². The van der Waals surface area contributed by atoms with Gasteiger partial charge in [0, 0.05) is 43.3 Å². The third-order valence-corrected chi connectivity index (χ3v) is 5.10. The largest absolute Gasteiger partial charge is 0.337 e. The molecule has 7 heteroatoms. The van der Waals surface area contributed by atoms with E-state index >= 15 is 0 Å². The summed E-state index contributed by atoms with van der Waals surface area (Å²) in [6, 6.07) is 12.7. The molecule has 1 fully saturated rings. The van der Waals surface area contributed by atoms with Gasteiger partial charge in [-0.05, 0) is 42.8 Å². The lowest BCUT2D eigenvalue weighted by atomic mass is 10.1. The van der Waals surface area contributed by atoms with Crippen molar-refractivity contribution >= 4 is 23.4 Å². The average Bonchev–Trinajstić information content (AvgIpc) is 3.00. The van der Waals surface area contributed by atoms with E-state index in [2.05, 4.69) is 5.32 Å². The number of nitrogens with zero attached hydrogens (tertiary/aromatic N) is 2. The van der Waals surface area contributed by atoms with Gasteiger partial charge in [-0.25, -0.2) is 4.39 Å². The van der Waals surface area contributed by atoms with Crippen molar-refractivity contribution in [2.75, 3.05) is 31.5 Å². The predicted molar refractivity (Wildman–Crippen MR) is 113 cm³/mol. The van der Waals surface area contributed by atoms with Crippen LogP contribution in [0.4, 0.5) is 10.1 Å². The normalized spacial score (nSPS) is 14.4. The van der Waals surface area contributed by atoms with E-state index in [0.717, 1.165) is 0 Å². The lowest BCUT2D eigenvalue weighted by molar-refractivity contribution is -0.118. The van der Waals surface area contributed by atoms with E-state index in [0.29, 0.717) is 43.9 Å². The molecule has 0 aromatic heterocycles. The van der Waals surface area contributed by atoms with Crippen molar-refractivity contribution in [2.24, 2.45) is 5.92 Å². The van der Waals surface area contributed by atoms with Gasteiger partial charge in [-0.1, -0.05) is 26.0 Å². The number of hydrogen-bond acceptors (Lipinski definition) is 3. The van der Waals surface area contributed by atoms with Gasteiger partial charge in [0.15, 0.2) is 0 Å². The number of carbonyl (C=O) groups is 3. The standard InChI is InChI=1S/C23H26FN3O3/c1-16(2)21(28)25-18-10-8-17(9-11-18)22(29)26-12-5-13-27(15-14-26)23(30)19-6-3-4-7-20(19)24/h3-4,6-11,16H,5,12-15H2,1-2H3,(H,25,28). The molecule has 1 saturated heterocycles. The Morgan fingerprint density at radius 2 is 1.47 bits per heavy atom. The topological polar surface area (TPSA) is 69.7 Å². The van der Waals surface area contributed by atoms with Crippen LogP contribution in [0.25, 0.3) is 0 Å². The fourth-order valence-electron chi connectivity index (χ4n) is 3.29. The van der Waals surface area contributed by atoms with E-state index in [4.69, 9.17) is 0 Å². The van der Waals surface area contributed by atoms with Gasteiger partial charge in [0.1, 0.15) is 5.82 Å². The fraction of sp³-hybridized carbons (Fsp3) is 0.348. The number of halogens is 1. The number of benzene rings is 2. The Morgan fingerprint density at radius 1 is 0.867 bits per heavy atom. The van der Waals surface area contributed by atoms with Gasteiger partial charge >= 0.3 is 0 Å². The second kappa shape index (κ2) is 9.52. The zero-order chi connectivity index (χ0) is 21.7. The molecule has 30 heavy (non-hydrogen) atoms. The molecule has 6 nitrogen and oxygen atoms in total. The highest BCUT2D eigenvalue weighted by molar-refractivity contribution is 5.97. The van der Waals surface area contributed by atoms with E-state index in [1.807, 2.05) is 13.8 Å². The molecule has 2 aromatic carbocycles. The van der Waals surface area contributed by atoms with Crippen LogP contribution in [-0.2, 0) is 4.79 Å². The summed E-state index contributed by atoms with van der Waals surface area (Å²) in [6.07, 6.45) is 0.620. The smallest absolute Gasteiger partial charge is 0.256 e. The molecule has 1 aliphatic rings. The predicted octanol–water partition coefficient (Wildman–Crippen LogP) is 3.41. The SMILES string of the molecule is CC(C)C(=O)Nc1ccc(C(=O)N2CCCN(C(=O)c3ccccc3F)CC2)cc1. The maximum atomic E-state index is 13.9. The number of hydrogen-bond donors (Lipinski definition) is 1. The molecular weight excluding hydrogens is 385 g/mol. The van der Waals surface area contributed by atoms with E-state index in [-0.39, 0.29) is 29.2 Å². The zero-order valence-electron chi connectivity index (χ0n) is 17.2. The van der Waals surface area contributed by atoms with Crippen molar-refractivity contribution in [3.05, 3.63) is 65.5 Å². The van der Waals surface area contributed by atoms with Crippen molar-refractivity contribution in [3.63, 3.8) is 0 Å². The van der Waals surface area contributed by atoms with E-state index in [1.54, 1.807) is 46.2 Å². The van der Waals surface area contributed by atoms with Gasteiger partial charge < -0.3 is 15.1 Å². The highest BCUT2D eigenvalue weighted by atomic mass is 19.1. The van der Waals surface area contributed by atoms with Gasteiger partial charge in [-0.3, -0.25) is 14.4 Å². The second-order valence-corrected chi connectivity index (χ2v) is 7.64. The van der Waals surface area contributed by atoms with Crippen LogP contribution in [0.5, 0.6) is 0 Å². The third-order valence-electron chi connectivity index (χ3n) is 5.10. The molecule has 0 unspecified atom stereocenters. The Balaban J connectivity index is 1.62. The van der Waals surface area contributed by atoms with Crippen molar-refractivity contribution < 1.29 is 18.8 Å². The number of amides is 3. The summed E-state index contributed by atoms with van der Waals surface area (Å²) in [5.41, 5.74) is 1.21. The number of rotatable bonds is 4. The van der Waals surface area contributed by atoms with Crippen LogP contribution < -0.4 is 5.32 Å². The number of nitrogens with one attached hydrogen (secondary N) is 1. The zero-order valence-corrected chi connectivity index (χ0v) is 17.2. The minimum Gasteiger partial charge on any atom is -0.337 e. The number of anilines is 1. The van der Waals surface area contributed by atoms with Crippen molar-refractivity contribution in [3.8, 4) is 0 Å². The second-order valence-electron chi connectivity index (χ2n) is 7.64. The number of carbonyl (C=O) groups excluding carboxylic acids is 3. The molecule has 0 bridgehead atoms. The molecule has 3 amide bonds. The summed E-state index contributed by atoms with van der Waals surface area (Å²) in [5, 5.41) is 2.80. The molecular formula is C23H26FN3O3. The quantitative estimate of drug-likeness (QED) is 0.838. The highest BCUT2D eigenvalue weighted by Gasteiger charge is 2.24. The van der Waals surface area contributed by atoms with Crippen molar-refractivity contribution in [1.29, 1.82) is 0 Å². The van der Waals surface area contributed by atoms with Crippen LogP contribution in [0.15, 0.2) is 48.5 Å². The molecule has 1 N–H and O–H groups in total. The Hall–Kier alpha value is -3.22. The van der Waals surface area contributed by atoms with E-state index in [9.17, 15) is 18.8 Å². The monoisotopic (exact) mass is 411 g/mol. The lowest BCUT2D eigenvalue weighted by Crippen LogP contribution is -2.37. The molecule has 0 saturated carbocycles. The summed E-state index contributed by atoms with van der Waals surface area (Å²) in [4.78, 5) is 40.6. The van der Waals surface area contributed by atoms with E-state index in [1.165, 1.54) is 12.1 Å². The Labute approximate surface area is 175 Å². The van der Waals surface area contributed by atoms with Crippen molar-refractivity contribution in [1.82, 2.24) is 9.80 Å². The van der Waals surface area contributed by atoms with Crippen LogP contribution in [-0.4, -0.2) is 53.7 Å². The summed E-state index contributed by atoms with van der Waals surface area (Å²) in [7, 11) is 0. The first kappa shape index (κ1) is 21.5. The minimum atomic E-state index is -0.538. The van der Waals surface area contributed by atoms with Gasteiger partial charge in [0.2, 0.25) is 5.91 Å². The van der Waals surface area contributed by atoms with Crippen LogP contribution in [0.3, 0.4) is 0 Å². The maximum Gasteiger partial charge on any atom is 0.256 e. The highest BCUT2D eigenvalue weighted by Crippen LogP contribution is 2.16. The summed E-state index contributed by atoms with van der Waals surface area (Å²) >= 11 is 0. The molecule has 0 spiro atoms. The summed E-state index contributed by atoms with van der Waals surface area (Å²) in [6.45, 7) is 5.34. The average molecular weight is 411 g/mol. The van der Waals surface area contributed by atoms with Crippen LogP contribution in [0, 0.1) is 11.7 Å². The molecule has 1 aliphatic heterocycles. The summed E-state index contributed by atoms with van der Waals surface area (Å²) in [5.74, 6) is -1.23. The minimum absolute atomic E-state index is 0.0521. The first-order valence-corrected chi connectivity index (χ1v) is 10.1. The van der Waals surface area contributed by atoms with Crippen LogP contribution in [0.2, 0.25) is 0 Å². The molecule has 1 heterocycles. The summed E-state index contributed by atoms with van der Waals surface area (Å²) < 4.78 is 13.9. The first-order valence-electron chi connectivity index (χ1n) is 10.1. The molecule has 0 radical (unpaired) electrons. The van der Waals surface area contributed by atoms with Gasteiger partial charge in [-0.2, -0.15) is 0 Å². The lowest BCUT2D eigenvalue weighted by Gasteiger charge is -2.22. The first-order chi connectivity index (χ1) is 14.4. The molecule has 0 aliphatic carbocycles. The van der Waals surface area contributed by atoms with Crippen LogP contribution >= 0.6 is 0 Å². The molecule has 3 rings (SSSR count). The Bertz CT molecular complexity index is 928. The molecule has 2 aromatic rings. The fourth-order valence-corrected chi connectivity index (χ4v) is 3.29. The Morgan fingerprint density at radius 3 is 2.07 bits per heavy atom. The maximum absolute atomic E-state index is 13.9. The molecule has 0 atom stereocenters. The van der Waals surface area contributed by atoms with Gasteiger partial charge in [-0.15, -0.1) is 0 Å². The van der Waals surface area contributed by atoms with Gasteiger partial charge in [0.05, 0.1) is 5.56 Å². The van der Waals surface area contributed by atoms with E-state index < -0.39 is 5.82 Å². The third kappa shape index (κ3) is 5.03. The molecule has 158 valence electrons. The van der Waals surface area contributed by atoms with Gasteiger partial charge in [0.25, 0.3) is 11.8 Å². The van der Waals surface area contributed by atoms with Crippen molar-refractivity contribution in [2.45, 2.75) is 20.3 Å². The Kier molecular flexibility index (Phi) is 6.82.